The predicted molar refractivity (Wildman–Crippen MR) is 111 cm³/mol. The van der Waals surface area contributed by atoms with Crippen LogP contribution in [0.5, 0.6) is 5.75 Å². The summed E-state index contributed by atoms with van der Waals surface area (Å²) in [6.07, 6.45) is -2.58. The summed E-state index contributed by atoms with van der Waals surface area (Å²) in [5, 5.41) is 3.32. The van der Waals surface area contributed by atoms with Crippen molar-refractivity contribution in [1.29, 1.82) is 0 Å². The van der Waals surface area contributed by atoms with Crippen molar-refractivity contribution >= 4 is 23.3 Å². The Morgan fingerprint density at radius 2 is 1.65 bits per heavy atom. The van der Waals surface area contributed by atoms with E-state index in [2.05, 4.69) is 5.32 Å². The third-order valence-corrected chi connectivity index (χ3v) is 5.79. The highest BCUT2D eigenvalue weighted by Crippen LogP contribution is 2.49. The Labute approximate surface area is 183 Å². The fourth-order valence-corrected chi connectivity index (χ4v) is 3.71. The average molecular weight is 454 g/mol. The van der Waals surface area contributed by atoms with E-state index in [9.17, 15) is 22.8 Å². The molecule has 1 amide bonds. The highest BCUT2D eigenvalue weighted by Gasteiger charge is 2.54. The van der Waals surface area contributed by atoms with Gasteiger partial charge in [0.05, 0.1) is 11.0 Å². The minimum atomic E-state index is -4.48. The molecule has 0 saturated heterocycles. The van der Waals surface area contributed by atoms with E-state index in [0.717, 1.165) is 29.8 Å². The van der Waals surface area contributed by atoms with Gasteiger partial charge in [-0.2, -0.15) is 13.2 Å². The summed E-state index contributed by atoms with van der Waals surface area (Å²) in [5.41, 5.74) is -2.48. The smallest absolute Gasteiger partial charge is 0.416 e. The second-order valence-electron chi connectivity index (χ2n) is 7.80. The first-order valence-corrected chi connectivity index (χ1v) is 10.4. The number of hydrogen-bond acceptors (Lipinski definition) is 3. The van der Waals surface area contributed by atoms with Gasteiger partial charge in [0.15, 0.2) is 5.78 Å². The minimum absolute atomic E-state index is 0.0632. The molecule has 0 bridgehead atoms. The first-order chi connectivity index (χ1) is 14.5. The maximum absolute atomic E-state index is 13.3. The fourth-order valence-electron chi connectivity index (χ4n) is 3.58. The van der Waals surface area contributed by atoms with Crippen LogP contribution in [0.25, 0.3) is 0 Å². The van der Waals surface area contributed by atoms with Crippen molar-refractivity contribution in [3.63, 3.8) is 0 Å². The van der Waals surface area contributed by atoms with E-state index in [-0.39, 0.29) is 18.1 Å². The highest BCUT2D eigenvalue weighted by atomic mass is 35.5. The molecule has 0 aromatic heterocycles. The van der Waals surface area contributed by atoms with Crippen molar-refractivity contribution in [3.8, 4) is 5.75 Å². The molecule has 2 aromatic carbocycles. The maximum atomic E-state index is 13.3. The number of alkyl halides is 3. The van der Waals surface area contributed by atoms with Crippen LogP contribution >= 0.6 is 11.6 Å². The van der Waals surface area contributed by atoms with Gasteiger partial charge in [0.2, 0.25) is 11.6 Å². The molecule has 0 spiro atoms. The van der Waals surface area contributed by atoms with E-state index in [4.69, 9.17) is 16.3 Å². The van der Waals surface area contributed by atoms with E-state index < -0.39 is 28.7 Å². The molecule has 0 heterocycles. The van der Waals surface area contributed by atoms with Crippen molar-refractivity contribution in [1.82, 2.24) is 5.32 Å². The van der Waals surface area contributed by atoms with Gasteiger partial charge >= 0.3 is 6.18 Å². The van der Waals surface area contributed by atoms with Crippen LogP contribution in [0.4, 0.5) is 13.2 Å². The molecule has 1 atom stereocenters. The first-order valence-electron chi connectivity index (χ1n) is 9.98. The predicted octanol–water partition coefficient (Wildman–Crippen LogP) is 5.67. The lowest BCUT2D eigenvalue weighted by atomic mass is 9.93. The monoisotopic (exact) mass is 453 g/mol. The quantitative estimate of drug-likeness (QED) is 0.524. The van der Waals surface area contributed by atoms with Gasteiger partial charge < -0.3 is 10.1 Å². The van der Waals surface area contributed by atoms with E-state index in [1.807, 2.05) is 6.92 Å². The number of carbonyl (C=O) groups is 2. The SMILES string of the molecule is CCCC(NC(=O)C1(c2ccc(Cl)cc2)CC1)(Oc1ccc(C(F)(F)F)cc1)C(C)=O. The molecule has 31 heavy (non-hydrogen) atoms. The van der Waals surface area contributed by atoms with Crippen LogP contribution in [0.2, 0.25) is 5.02 Å². The number of amides is 1. The molecule has 1 aliphatic rings. The van der Waals surface area contributed by atoms with Gasteiger partial charge in [0, 0.05) is 18.4 Å². The lowest BCUT2D eigenvalue weighted by Gasteiger charge is -2.34. The molecule has 166 valence electrons. The molecule has 2 aromatic rings. The number of halogens is 4. The summed E-state index contributed by atoms with van der Waals surface area (Å²) >= 11 is 5.94. The molecular weight excluding hydrogens is 431 g/mol. The van der Waals surface area contributed by atoms with Crippen molar-refractivity contribution in [2.45, 2.75) is 56.8 Å². The topological polar surface area (TPSA) is 55.4 Å². The second-order valence-corrected chi connectivity index (χ2v) is 8.24. The van der Waals surface area contributed by atoms with E-state index in [1.165, 1.54) is 6.92 Å². The zero-order chi connectivity index (χ0) is 22.9. The summed E-state index contributed by atoms with van der Waals surface area (Å²) in [6.45, 7) is 3.12. The Hall–Kier alpha value is -2.54. The van der Waals surface area contributed by atoms with Crippen LogP contribution in [0.3, 0.4) is 0 Å². The van der Waals surface area contributed by atoms with Crippen LogP contribution in [0, 0.1) is 0 Å². The van der Waals surface area contributed by atoms with E-state index in [0.29, 0.717) is 24.3 Å². The molecule has 3 rings (SSSR count). The van der Waals surface area contributed by atoms with Gasteiger partial charge in [-0.25, -0.2) is 0 Å². The number of benzene rings is 2. The molecule has 0 aliphatic heterocycles. The van der Waals surface area contributed by atoms with Crippen LogP contribution < -0.4 is 10.1 Å². The number of ketones is 1. The van der Waals surface area contributed by atoms with Gasteiger partial charge in [-0.15, -0.1) is 0 Å². The molecule has 4 nitrogen and oxygen atoms in total. The Morgan fingerprint density at radius 1 is 1.06 bits per heavy atom. The number of Topliss-reactive ketones (excluding diaryl/α,β-unsaturated/α-hetero) is 1. The Balaban J connectivity index is 1.87. The Kier molecular flexibility index (Phi) is 6.37. The average Bonchev–Trinajstić information content (AvgIpc) is 3.50. The number of rotatable bonds is 8. The molecule has 1 saturated carbocycles. The van der Waals surface area contributed by atoms with E-state index in [1.54, 1.807) is 24.3 Å². The summed E-state index contributed by atoms with van der Waals surface area (Å²) in [7, 11) is 0. The zero-order valence-electron chi connectivity index (χ0n) is 17.2. The standard InChI is InChI=1S/C23H23ClF3NO3/c1-3-12-22(15(2)29,31-19-10-6-17(7-11-19)23(25,26)27)28-20(30)21(13-14-21)16-4-8-18(24)9-5-16/h4-11H,3,12-14H2,1-2H3,(H,28,30). The van der Waals surface area contributed by atoms with E-state index >= 15 is 0 Å². The number of nitrogens with one attached hydrogen (secondary N) is 1. The molecule has 1 aliphatic carbocycles. The maximum Gasteiger partial charge on any atom is 0.416 e. The third kappa shape index (κ3) is 4.87. The van der Waals surface area contributed by atoms with Gasteiger partial charge in [-0.3, -0.25) is 9.59 Å². The second kappa shape index (κ2) is 8.54. The Bertz CT molecular complexity index is 954. The molecule has 0 radical (unpaired) electrons. The zero-order valence-corrected chi connectivity index (χ0v) is 17.9. The minimum Gasteiger partial charge on any atom is -0.461 e. The van der Waals surface area contributed by atoms with Crippen molar-refractivity contribution < 1.29 is 27.5 Å². The fraction of sp³-hybridized carbons (Fsp3) is 0.391. The number of hydrogen-bond donors (Lipinski definition) is 1. The van der Waals surface area contributed by atoms with Gasteiger partial charge in [-0.05, 0) is 61.2 Å². The lowest BCUT2D eigenvalue weighted by molar-refractivity contribution is -0.144. The van der Waals surface area contributed by atoms with Crippen LogP contribution in [0.15, 0.2) is 48.5 Å². The van der Waals surface area contributed by atoms with Crippen molar-refractivity contribution in [2.24, 2.45) is 0 Å². The summed E-state index contributed by atoms with van der Waals surface area (Å²) in [4.78, 5) is 25.9. The first kappa shape index (κ1) is 23.1. The number of ether oxygens (including phenoxy) is 1. The van der Waals surface area contributed by atoms with Crippen LogP contribution in [-0.4, -0.2) is 17.4 Å². The van der Waals surface area contributed by atoms with Crippen molar-refractivity contribution in [2.75, 3.05) is 0 Å². The molecule has 8 heteroatoms. The highest BCUT2D eigenvalue weighted by molar-refractivity contribution is 6.30. The largest absolute Gasteiger partial charge is 0.461 e. The van der Waals surface area contributed by atoms with Crippen LogP contribution in [-0.2, 0) is 21.2 Å². The molecule has 1 unspecified atom stereocenters. The van der Waals surface area contributed by atoms with Crippen LogP contribution in [0.1, 0.15) is 50.7 Å². The Morgan fingerprint density at radius 3 is 2.10 bits per heavy atom. The summed E-state index contributed by atoms with van der Waals surface area (Å²) < 4.78 is 44.4. The molecular formula is C23H23ClF3NO3. The molecule has 1 fully saturated rings. The molecule has 1 N–H and O–H groups in total. The van der Waals surface area contributed by atoms with Gasteiger partial charge in [-0.1, -0.05) is 30.7 Å². The summed E-state index contributed by atoms with van der Waals surface area (Å²) in [6, 6.07) is 11.0. The van der Waals surface area contributed by atoms with Gasteiger partial charge in [0.25, 0.3) is 0 Å². The third-order valence-electron chi connectivity index (χ3n) is 5.54. The van der Waals surface area contributed by atoms with Gasteiger partial charge in [0.1, 0.15) is 5.75 Å². The van der Waals surface area contributed by atoms with Crippen molar-refractivity contribution in [3.05, 3.63) is 64.7 Å². The lowest BCUT2D eigenvalue weighted by Crippen LogP contribution is -2.60. The number of carbonyl (C=O) groups excluding carboxylic acids is 2. The normalized spacial score (nSPS) is 16.8. The summed E-state index contributed by atoms with van der Waals surface area (Å²) in [5.74, 6) is -0.729.